The predicted molar refractivity (Wildman–Crippen MR) is 88.4 cm³/mol. The van der Waals surface area contributed by atoms with E-state index in [1.807, 2.05) is 16.3 Å². The van der Waals surface area contributed by atoms with Gasteiger partial charge in [0, 0.05) is 18.7 Å². The van der Waals surface area contributed by atoms with Crippen molar-refractivity contribution in [2.24, 2.45) is 11.7 Å². The van der Waals surface area contributed by atoms with Crippen molar-refractivity contribution in [3.8, 4) is 11.8 Å². The van der Waals surface area contributed by atoms with Crippen LogP contribution >= 0.6 is 11.3 Å². The van der Waals surface area contributed by atoms with E-state index in [-0.39, 0.29) is 5.91 Å². The first-order valence-electron chi connectivity index (χ1n) is 7.82. The summed E-state index contributed by atoms with van der Waals surface area (Å²) in [5, 5.41) is 1.94. The molecule has 1 aromatic heterocycles. The Hall–Kier alpha value is -1.31. The van der Waals surface area contributed by atoms with Gasteiger partial charge >= 0.3 is 0 Å². The molecule has 1 aromatic rings. The summed E-state index contributed by atoms with van der Waals surface area (Å²) in [6.07, 6.45) is 6.03. The van der Waals surface area contributed by atoms with Crippen LogP contribution in [0.25, 0.3) is 0 Å². The zero-order valence-electron chi connectivity index (χ0n) is 12.7. The van der Waals surface area contributed by atoms with Crippen LogP contribution in [-0.4, -0.2) is 30.4 Å². The van der Waals surface area contributed by atoms with E-state index in [1.165, 1.54) is 30.6 Å². The highest BCUT2D eigenvalue weighted by Crippen LogP contribution is 2.25. The number of rotatable bonds is 3. The quantitative estimate of drug-likeness (QED) is 0.872. The van der Waals surface area contributed by atoms with Crippen molar-refractivity contribution in [3.63, 3.8) is 0 Å². The number of nitrogens with two attached hydrogens (primary N) is 1. The number of likely N-dealkylation sites (tertiary alicyclic amines) is 1. The first-order valence-corrected chi connectivity index (χ1v) is 8.70. The molecule has 0 aromatic carbocycles. The Kier molecular flexibility index (Phi) is 6.28. The monoisotopic (exact) mass is 304 g/mol. The van der Waals surface area contributed by atoms with Gasteiger partial charge in [0.15, 0.2) is 0 Å². The molecule has 0 saturated carbocycles. The molecule has 0 aliphatic carbocycles. The summed E-state index contributed by atoms with van der Waals surface area (Å²) in [4.78, 5) is 15.5. The molecule has 21 heavy (non-hydrogen) atoms. The molecule has 1 aliphatic heterocycles. The summed E-state index contributed by atoms with van der Waals surface area (Å²) < 4.78 is 0. The second-order valence-electron chi connectivity index (χ2n) is 5.55. The maximum absolute atomic E-state index is 12.7. The van der Waals surface area contributed by atoms with Gasteiger partial charge in [-0.1, -0.05) is 31.6 Å². The summed E-state index contributed by atoms with van der Waals surface area (Å²) in [6.45, 7) is 4.32. The molecule has 0 bridgehead atoms. The van der Waals surface area contributed by atoms with E-state index in [4.69, 9.17) is 5.73 Å². The molecule has 1 atom stereocenters. The molecule has 1 saturated heterocycles. The predicted octanol–water partition coefficient (Wildman–Crippen LogP) is 3.10. The summed E-state index contributed by atoms with van der Waals surface area (Å²) in [5.74, 6) is 6.77. The van der Waals surface area contributed by atoms with E-state index < -0.39 is 0 Å². The maximum atomic E-state index is 12.7. The van der Waals surface area contributed by atoms with Gasteiger partial charge in [-0.2, -0.15) is 0 Å². The lowest BCUT2D eigenvalue weighted by Crippen LogP contribution is -2.31. The number of hydrogen-bond acceptors (Lipinski definition) is 3. The van der Waals surface area contributed by atoms with Gasteiger partial charge in [0.2, 0.25) is 0 Å². The van der Waals surface area contributed by atoms with E-state index in [2.05, 4.69) is 18.8 Å². The van der Waals surface area contributed by atoms with Gasteiger partial charge in [-0.25, -0.2) is 0 Å². The molecular formula is C17H24N2OS. The fourth-order valence-electron chi connectivity index (χ4n) is 2.93. The first kappa shape index (κ1) is 16.1. The normalized spacial score (nSPS) is 18.8. The maximum Gasteiger partial charge on any atom is 0.265 e. The number of thiophene rings is 1. The van der Waals surface area contributed by atoms with Gasteiger partial charge in [0.05, 0.1) is 6.54 Å². The lowest BCUT2D eigenvalue weighted by molar-refractivity contribution is 0.0764. The summed E-state index contributed by atoms with van der Waals surface area (Å²) in [5.41, 5.74) is 6.24. The molecule has 4 heteroatoms. The SMILES string of the molecule is CCCC1CCCN(C(=O)c2sccc2C#CCN)CC1. The van der Waals surface area contributed by atoms with Crippen molar-refractivity contribution in [1.29, 1.82) is 0 Å². The second kappa shape index (κ2) is 8.21. The van der Waals surface area contributed by atoms with E-state index in [0.717, 1.165) is 42.3 Å². The van der Waals surface area contributed by atoms with Gasteiger partial charge in [0.25, 0.3) is 5.91 Å². The average Bonchev–Trinajstić information content (AvgIpc) is 2.83. The van der Waals surface area contributed by atoms with E-state index in [1.54, 1.807) is 0 Å². The van der Waals surface area contributed by atoms with Crippen LogP contribution in [0, 0.1) is 17.8 Å². The van der Waals surface area contributed by atoms with Crippen LogP contribution in [0.1, 0.15) is 54.3 Å². The Balaban J connectivity index is 2.05. The molecule has 1 amide bonds. The van der Waals surface area contributed by atoms with Crippen LogP contribution < -0.4 is 5.73 Å². The third-order valence-corrected chi connectivity index (χ3v) is 4.92. The Morgan fingerprint density at radius 1 is 1.48 bits per heavy atom. The number of amides is 1. The zero-order chi connectivity index (χ0) is 15.1. The van der Waals surface area contributed by atoms with Gasteiger partial charge in [-0.3, -0.25) is 4.79 Å². The van der Waals surface area contributed by atoms with Crippen molar-refractivity contribution in [2.75, 3.05) is 19.6 Å². The van der Waals surface area contributed by atoms with Gasteiger partial charge in [-0.05, 0) is 36.6 Å². The summed E-state index contributed by atoms with van der Waals surface area (Å²) >= 11 is 1.49. The Morgan fingerprint density at radius 2 is 2.33 bits per heavy atom. The molecule has 1 fully saturated rings. The van der Waals surface area contributed by atoms with Crippen LogP contribution in [0.15, 0.2) is 11.4 Å². The van der Waals surface area contributed by atoms with Crippen LogP contribution in [-0.2, 0) is 0 Å². The van der Waals surface area contributed by atoms with Crippen LogP contribution in [0.3, 0.4) is 0 Å². The van der Waals surface area contributed by atoms with E-state index in [0.29, 0.717) is 6.54 Å². The van der Waals surface area contributed by atoms with Crippen molar-refractivity contribution in [2.45, 2.75) is 39.0 Å². The van der Waals surface area contributed by atoms with Crippen molar-refractivity contribution in [1.82, 2.24) is 4.90 Å². The lowest BCUT2D eigenvalue weighted by Gasteiger charge is -2.20. The smallest absolute Gasteiger partial charge is 0.265 e. The minimum absolute atomic E-state index is 0.142. The zero-order valence-corrected chi connectivity index (χ0v) is 13.5. The molecule has 1 aliphatic rings. The summed E-state index contributed by atoms with van der Waals surface area (Å²) in [6, 6.07) is 1.91. The fraction of sp³-hybridized carbons (Fsp3) is 0.588. The lowest BCUT2D eigenvalue weighted by atomic mass is 9.96. The highest BCUT2D eigenvalue weighted by molar-refractivity contribution is 7.12. The average molecular weight is 304 g/mol. The molecule has 2 rings (SSSR count). The van der Waals surface area contributed by atoms with Gasteiger partial charge in [0.1, 0.15) is 4.88 Å². The summed E-state index contributed by atoms with van der Waals surface area (Å²) in [7, 11) is 0. The van der Waals surface area contributed by atoms with Crippen LogP contribution in [0.2, 0.25) is 0 Å². The first-order chi connectivity index (χ1) is 10.3. The fourth-order valence-corrected chi connectivity index (χ4v) is 3.74. The number of hydrogen-bond donors (Lipinski definition) is 1. The van der Waals surface area contributed by atoms with Crippen LogP contribution in [0.4, 0.5) is 0 Å². The third-order valence-electron chi connectivity index (χ3n) is 4.02. The Bertz CT molecular complexity index is 526. The molecule has 3 nitrogen and oxygen atoms in total. The van der Waals surface area contributed by atoms with E-state index >= 15 is 0 Å². The Morgan fingerprint density at radius 3 is 3.10 bits per heavy atom. The molecule has 0 radical (unpaired) electrons. The highest BCUT2D eigenvalue weighted by Gasteiger charge is 2.23. The van der Waals surface area contributed by atoms with Gasteiger partial charge in [-0.15, -0.1) is 11.3 Å². The van der Waals surface area contributed by atoms with Crippen molar-refractivity contribution < 1.29 is 4.79 Å². The molecule has 1 unspecified atom stereocenters. The number of carbonyl (C=O) groups excluding carboxylic acids is 1. The van der Waals surface area contributed by atoms with Crippen LogP contribution in [0.5, 0.6) is 0 Å². The topological polar surface area (TPSA) is 46.3 Å². The molecule has 114 valence electrons. The Labute approximate surface area is 131 Å². The third kappa shape index (κ3) is 4.33. The van der Waals surface area contributed by atoms with E-state index in [9.17, 15) is 4.79 Å². The second-order valence-corrected chi connectivity index (χ2v) is 6.46. The van der Waals surface area contributed by atoms with Gasteiger partial charge < -0.3 is 10.6 Å². The number of nitrogens with zero attached hydrogens (tertiary/aromatic N) is 1. The molecule has 2 N–H and O–H groups in total. The molecule has 2 heterocycles. The standard InChI is InChI=1S/C17H24N2OS/c1-2-5-14-6-4-11-19(12-8-14)17(20)16-15(7-3-10-18)9-13-21-16/h9,13-14H,2,4-6,8,10-12,18H2,1H3. The molecule has 0 spiro atoms. The number of carbonyl (C=O) groups is 1. The van der Waals surface area contributed by atoms with Crippen molar-refractivity contribution in [3.05, 3.63) is 21.9 Å². The minimum atomic E-state index is 0.142. The minimum Gasteiger partial charge on any atom is -0.338 e. The van der Waals surface area contributed by atoms with Crippen molar-refractivity contribution >= 4 is 17.2 Å². The molecular weight excluding hydrogens is 280 g/mol. The largest absolute Gasteiger partial charge is 0.338 e. The highest BCUT2D eigenvalue weighted by atomic mass is 32.1.